The van der Waals surface area contributed by atoms with Gasteiger partial charge in [0.25, 0.3) is 0 Å². The fourth-order valence-electron chi connectivity index (χ4n) is 0.727. The highest BCUT2D eigenvalue weighted by atomic mass is 31.0. The maximum Gasteiger partial charge on any atom is 0.414 e. The lowest BCUT2D eigenvalue weighted by molar-refractivity contribution is -0.142. The van der Waals surface area contributed by atoms with Gasteiger partial charge in [0, 0.05) is 0 Å². The smallest absolute Gasteiger partial charge is 0.414 e. The number of amides is 1. The van der Waals surface area contributed by atoms with Crippen LogP contribution in [-0.2, 0) is 9.53 Å². The molecule has 0 heterocycles. The highest BCUT2D eigenvalue weighted by molar-refractivity contribution is 7.14. The second-order valence-corrected chi connectivity index (χ2v) is 4.48. The molecule has 0 saturated carbocycles. The fraction of sp³-hybridized carbons (Fsp3) is 0.750. The van der Waals surface area contributed by atoms with Crippen LogP contribution in [0.3, 0.4) is 0 Å². The monoisotopic (exact) mass is 237 g/mol. The molecule has 2 atom stereocenters. The van der Waals surface area contributed by atoms with Gasteiger partial charge in [-0.05, 0) is 30.2 Å². The van der Waals surface area contributed by atoms with Crippen LogP contribution in [0.2, 0.25) is 0 Å². The SMILES string of the molecule is CC(C)(C)OC(=O)N(P)C(CO)C(=O)O. The molecule has 15 heavy (non-hydrogen) atoms. The molecule has 0 aliphatic rings. The molecule has 88 valence electrons. The number of aliphatic hydroxyl groups excluding tert-OH is 1. The highest BCUT2D eigenvalue weighted by Crippen LogP contribution is 2.15. The van der Waals surface area contributed by atoms with Crippen LogP contribution in [0.4, 0.5) is 4.79 Å². The van der Waals surface area contributed by atoms with E-state index in [0.717, 1.165) is 4.67 Å². The van der Waals surface area contributed by atoms with Crippen molar-refractivity contribution in [2.45, 2.75) is 32.4 Å². The summed E-state index contributed by atoms with van der Waals surface area (Å²) in [5.41, 5.74) is -0.704. The molecule has 2 unspecified atom stereocenters. The summed E-state index contributed by atoms with van der Waals surface area (Å²) >= 11 is 0. The van der Waals surface area contributed by atoms with E-state index in [1.807, 2.05) is 9.39 Å². The normalized spacial score (nSPS) is 13.1. The molecule has 0 aromatic heterocycles. The van der Waals surface area contributed by atoms with Crippen molar-refractivity contribution >= 4 is 21.5 Å². The van der Waals surface area contributed by atoms with Gasteiger partial charge in [-0.25, -0.2) is 9.59 Å². The molecule has 0 aromatic rings. The zero-order valence-corrected chi connectivity index (χ0v) is 10.1. The number of rotatable bonds is 3. The molecular weight excluding hydrogens is 221 g/mol. The number of ether oxygens (including phenoxy) is 1. The molecular formula is C8H16NO5P. The topological polar surface area (TPSA) is 87.1 Å². The van der Waals surface area contributed by atoms with Crippen molar-refractivity contribution in [3.8, 4) is 0 Å². The Bertz CT molecular complexity index is 250. The summed E-state index contributed by atoms with van der Waals surface area (Å²) in [6.07, 6.45) is -0.811. The molecule has 0 aromatic carbocycles. The average Bonchev–Trinajstić information content (AvgIpc) is 2.01. The largest absolute Gasteiger partial charge is 0.480 e. The number of carboxylic acids is 1. The van der Waals surface area contributed by atoms with E-state index < -0.39 is 30.3 Å². The number of aliphatic carboxylic acids is 1. The Labute approximate surface area is 90.5 Å². The summed E-state index contributed by atoms with van der Waals surface area (Å²) < 4.78 is 5.70. The van der Waals surface area contributed by atoms with E-state index in [-0.39, 0.29) is 0 Å². The van der Waals surface area contributed by atoms with Gasteiger partial charge in [-0.1, -0.05) is 0 Å². The van der Waals surface area contributed by atoms with E-state index in [9.17, 15) is 9.59 Å². The molecule has 0 aliphatic heterocycles. The van der Waals surface area contributed by atoms with Crippen molar-refractivity contribution in [3.05, 3.63) is 0 Å². The Kier molecular flexibility index (Phi) is 4.97. The lowest BCUT2D eigenvalue weighted by atomic mass is 10.2. The minimum absolute atomic E-state index is 0.669. The first-order valence-electron chi connectivity index (χ1n) is 4.29. The molecule has 7 heteroatoms. The summed E-state index contributed by atoms with van der Waals surface area (Å²) in [6, 6.07) is -1.31. The van der Waals surface area contributed by atoms with Crippen molar-refractivity contribution in [2.75, 3.05) is 6.61 Å². The second kappa shape index (κ2) is 5.28. The Morgan fingerprint density at radius 2 is 1.93 bits per heavy atom. The molecule has 0 spiro atoms. The predicted molar refractivity (Wildman–Crippen MR) is 56.3 cm³/mol. The lowest BCUT2D eigenvalue weighted by Crippen LogP contribution is -2.43. The minimum atomic E-state index is -1.31. The van der Waals surface area contributed by atoms with Crippen LogP contribution in [0, 0.1) is 0 Å². The fourth-order valence-corrected chi connectivity index (χ4v) is 1.00. The summed E-state index contributed by atoms with van der Waals surface area (Å²) in [5, 5.41) is 17.4. The number of nitrogens with zero attached hydrogens (tertiary/aromatic N) is 1. The van der Waals surface area contributed by atoms with E-state index in [0.29, 0.717) is 0 Å². The van der Waals surface area contributed by atoms with Crippen LogP contribution >= 0.6 is 9.39 Å². The molecule has 6 nitrogen and oxygen atoms in total. The van der Waals surface area contributed by atoms with Crippen molar-refractivity contribution in [3.63, 3.8) is 0 Å². The van der Waals surface area contributed by atoms with Gasteiger partial charge in [-0.2, -0.15) is 0 Å². The van der Waals surface area contributed by atoms with E-state index in [1.54, 1.807) is 20.8 Å². The van der Waals surface area contributed by atoms with Gasteiger partial charge in [0.15, 0.2) is 6.04 Å². The molecule has 0 radical (unpaired) electrons. The van der Waals surface area contributed by atoms with Gasteiger partial charge in [-0.15, -0.1) is 0 Å². The van der Waals surface area contributed by atoms with E-state index in [1.165, 1.54) is 0 Å². The Morgan fingerprint density at radius 1 is 1.47 bits per heavy atom. The zero-order valence-electron chi connectivity index (χ0n) is 8.93. The summed E-state index contributed by atoms with van der Waals surface area (Å²) in [7, 11) is 1.92. The minimum Gasteiger partial charge on any atom is -0.480 e. The number of aliphatic hydroxyl groups is 1. The summed E-state index contributed by atoms with van der Waals surface area (Å²) in [4.78, 5) is 22.0. The third-order valence-corrected chi connectivity index (χ3v) is 1.97. The van der Waals surface area contributed by atoms with Crippen LogP contribution in [0.1, 0.15) is 20.8 Å². The number of carbonyl (C=O) groups excluding carboxylic acids is 1. The quantitative estimate of drug-likeness (QED) is 0.696. The second-order valence-electron chi connectivity index (χ2n) is 3.92. The molecule has 0 fully saturated rings. The van der Waals surface area contributed by atoms with Crippen LogP contribution in [0.5, 0.6) is 0 Å². The Morgan fingerprint density at radius 3 is 2.20 bits per heavy atom. The first kappa shape index (κ1) is 14.1. The van der Waals surface area contributed by atoms with Crippen molar-refractivity contribution in [1.29, 1.82) is 0 Å². The number of hydrogen-bond acceptors (Lipinski definition) is 4. The standard InChI is InChI=1S/C8H16NO5P/c1-8(2,3)14-7(13)9(15)5(4-10)6(11)12/h5,10H,4,15H2,1-3H3,(H,11,12). The number of carbonyl (C=O) groups is 2. The van der Waals surface area contributed by atoms with Crippen LogP contribution < -0.4 is 0 Å². The Hall–Kier alpha value is -0.870. The average molecular weight is 237 g/mol. The van der Waals surface area contributed by atoms with Gasteiger partial charge in [0.1, 0.15) is 5.60 Å². The molecule has 0 rings (SSSR count). The molecule has 2 N–H and O–H groups in total. The molecule has 0 bridgehead atoms. The van der Waals surface area contributed by atoms with Crippen LogP contribution in [0.25, 0.3) is 0 Å². The maximum absolute atomic E-state index is 11.4. The Balaban J connectivity index is 4.49. The molecule has 0 aliphatic carbocycles. The maximum atomic E-state index is 11.4. The van der Waals surface area contributed by atoms with E-state index in [4.69, 9.17) is 14.9 Å². The van der Waals surface area contributed by atoms with Gasteiger partial charge in [0.2, 0.25) is 0 Å². The third-order valence-electron chi connectivity index (χ3n) is 1.40. The predicted octanol–water partition coefficient (Wildman–Crippen LogP) is 0.459. The summed E-state index contributed by atoms with van der Waals surface area (Å²) in [6.45, 7) is 4.33. The van der Waals surface area contributed by atoms with E-state index >= 15 is 0 Å². The van der Waals surface area contributed by atoms with Crippen LogP contribution in [0.15, 0.2) is 0 Å². The van der Waals surface area contributed by atoms with Crippen molar-refractivity contribution < 1.29 is 24.5 Å². The third kappa shape index (κ3) is 4.95. The first-order chi connectivity index (χ1) is 6.69. The van der Waals surface area contributed by atoms with Crippen molar-refractivity contribution in [2.24, 2.45) is 0 Å². The summed E-state index contributed by atoms with van der Waals surface area (Å²) in [5.74, 6) is -1.29. The lowest BCUT2D eigenvalue weighted by Gasteiger charge is -2.27. The van der Waals surface area contributed by atoms with Gasteiger partial charge >= 0.3 is 12.1 Å². The number of hydrogen-bond donors (Lipinski definition) is 2. The zero-order chi connectivity index (χ0) is 12.2. The van der Waals surface area contributed by atoms with Gasteiger partial charge < -0.3 is 14.9 Å². The van der Waals surface area contributed by atoms with Crippen LogP contribution in [-0.4, -0.2) is 45.2 Å². The molecule has 0 saturated heterocycles. The van der Waals surface area contributed by atoms with Crippen molar-refractivity contribution in [1.82, 2.24) is 4.67 Å². The first-order valence-corrected chi connectivity index (χ1v) is 4.81. The molecule has 1 amide bonds. The van der Waals surface area contributed by atoms with Gasteiger partial charge in [-0.3, -0.25) is 4.67 Å². The van der Waals surface area contributed by atoms with Gasteiger partial charge in [0.05, 0.1) is 6.61 Å². The van der Waals surface area contributed by atoms with E-state index in [2.05, 4.69) is 0 Å². The highest BCUT2D eigenvalue weighted by Gasteiger charge is 2.29. The number of carboxylic acid groups (broad SMARTS) is 1.